The van der Waals surface area contributed by atoms with Crippen LogP contribution in [0.25, 0.3) is 0 Å². The zero-order chi connectivity index (χ0) is 25.0. The molecule has 0 aromatic heterocycles. The third kappa shape index (κ3) is 9.38. The summed E-state index contributed by atoms with van der Waals surface area (Å²) in [5.41, 5.74) is 0.390. The second-order valence-electron chi connectivity index (χ2n) is 8.80. The minimum atomic E-state index is -0.497. The Kier molecular flexibility index (Phi) is 11.4. The Hall–Kier alpha value is -2.53. The number of carbonyl (C=O) groups excluding carboxylic acids is 3. The molecule has 1 N–H and O–H groups in total. The van der Waals surface area contributed by atoms with Crippen LogP contribution in [0.4, 0.5) is 4.79 Å². The van der Waals surface area contributed by atoms with Crippen LogP contribution in [0.3, 0.4) is 0 Å². The summed E-state index contributed by atoms with van der Waals surface area (Å²) in [6.07, 6.45) is -0.338. The summed E-state index contributed by atoms with van der Waals surface area (Å²) in [4.78, 5) is 39.1. The highest BCUT2D eigenvalue weighted by Gasteiger charge is 2.34. The van der Waals surface area contributed by atoms with Crippen molar-refractivity contribution in [1.82, 2.24) is 15.1 Å². The second kappa shape index (κ2) is 14.0. The number of benzene rings is 1. The van der Waals surface area contributed by atoms with Crippen molar-refractivity contribution in [2.45, 2.75) is 26.4 Å². The van der Waals surface area contributed by atoms with Gasteiger partial charge < -0.3 is 29.2 Å². The molecule has 190 valence electrons. The molecule has 1 aliphatic heterocycles. The summed E-state index contributed by atoms with van der Waals surface area (Å²) in [5.74, 6) is -0.552. The molecule has 0 saturated carbocycles. The SMILES string of the molecule is CN(CCNCCOCCOCCOCCN1C(=O)c2ccccc2C1=O)C(=O)OC(C)(C)C. The predicted octanol–water partition coefficient (Wildman–Crippen LogP) is 1.79. The van der Waals surface area contributed by atoms with E-state index in [-0.39, 0.29) is 31.1 Å². The maximum Gasteiger partial charge on any atom is 0.410 e. The fourth-order valence-corrected chi connectivity index (χ4v) is 3.09. The first-order valence-corrected chi connectivity index (χ1v) is 11.5. The summed E-state index contributed by atoms with van der Waals surface area (Å²) in [7, 11) is 1.71. The molecule has 1 heterocycles. The Bertz CT molecular complexity index is 775. The van der Waals surface area contributed by atoms with E-state index in [0.717, 1.165) is 0 Å². The third-order valence-electron chi connectivity index (χ3n) is 4.83. The van der Waals surface area contributed by atoms with Crippen LogP contribution < -0.4 is 5.32 Å². The molecule has 0 unspecified atom stereocenters. The number of ether oxygens (including phenoxy) is 4. The van der Waals surface area contributed by atoms with Crippen LogP contribution in [0.15, 0.2) is 24.3 Å². The van der Waals surface area contributed by atoms with Gasteiger partial charge in [0.1, 0.15) is 5.60 Å². The first-order valence-electron chi connectivity index (χ1n) is 11.5. The van der Waals surface area contributed by atoms with E-state index in [9.17, 15) is 14.4 Å². The number of hydrogen-bond acceptors (Lipinski definition) is 8. The van der Waals surface area contributed by atoms with Crippen molar-refractivity contribution in [3.63, 3.8) is 0 Å². The highest BCUT2D eigenvalue weighted by Crippen LogP contribution is 2.21. The first kappa shape index (κ1) is 27.7. The summed E-state index contributed by atoms with van der Waals surface area (Å²) < 4.78 is 21.7. The van der Waals surface area contributed by atoms with E-state index in [4.69, 9.17) is 18.9 Å². The predicted molar refractivity (Wildman–Crippen MR) is 126 cm³/mol. The van der Waals surface area contributed by atoms with Crippen LogP contribution in [0.5, 0.6) is 0 Å². The van der Waals surface area contributed by atoms with Crippen LogP contribution in [-0.2, 0) is 18.9 Å². The van der Waals surface area contributed by atoms with Crippen molar-refractivity contribution < 1.29 is 33.3 Å². The van der Waals surface area contributed by atoms with Crippen molar-refractivity contribution in [2.75, 3.05) is 72.9 Å². The fraction of sp³-hybridized carbons (Fsp3) is 0.625. The molecule has 10 heteroatoms. The highest BCUT2D eigenvalue weighted by atomic mass is 16.6. The summed E-state index contributed by atoms with van der Waals surface area (Å²) in [6.45, 7) is 10.1. The van der Waals surface area contributed by atoms with Crippen molar-refractivity contribution in [2.24, 2.45) is 0 Å². The molecule has 0 aliphatic carbocycles. The maximum atomic E-state index is 12.2. The highest BCUT2D eigenvalue weighted by molar-refractivity contribution is 6.21. The molecule has 10 nitrogen and oxygen atoms in total. The second-order valence-corrected chi connectivity index (χ2v) is 8.80. The van der Waals surface area contributed by atoms with E-state index in [1.165, 1.54) is 9.80 Å². The fourth-order valence-electron chi connectivity index (χ4n) is 3.09. The molecule has 1 aromatic carbocycles. The molecule has 0 radical (unpaired) electrons. The van der Waals surface area contributed by atoms with Gasteiger partial charge in [0.05, 0.1) is 57.3 Å². The molecule has 3 amide bonds. The number of amides is 3. The van der Waals surface area contributed by atoms with Gasteiger partial charge in [-0.2, -0.15) is 0 Å². The summed E-state index contributed by atoms with van der Waals surface area (Å²) in [6, 6.07) is 6.81. The van der Waals surface area contributed by atoms with Gasteiger partial charge in [-0.25, -0.2) is 4.79 Å². The van der Waals surface area contributed by atoms with Crippen molar-refractivity contribution in [3.8, 4) is 0 Å². The van der Waals surface area contributed by atoms with Gasteiger partial charge >= 0.3 is 6.09 Å². The minimum absolute atomic E-state index is 0.218. The Morgan fingerprint density at radius 2 is 1.41 bits per heavy atom. The van der Waals surface area contributed by atoms with E-state index in [2.05, 4.69) is 5.32 Å². The van der Waals surface area contributed by atoms with E-state index >= 15 is 0 Å². The van der Waals surface area contributed by atoms with Crippen LogP contribution in [-0.4, -0.2) is 106 Å². The monoisotopic (exact) mass is 479 g/mol. The number of carbonyl (C=O) groups is 3. The molecular weight excluding hydrogens is 442 g/mol. The molecule has 0 spiro atoms. The molecule has 0 fully saturated rings. The lowest BCUT2D eigenvalue weighted by molar-refractivity contribution is 0.0115. The molecule has 0 atom stereocenters. The average molecular weight is 480 g/mol. The molecule has 2 rings (SSSR count). The minimum Gasteiger partial charge on any atom is -0.444 e. The van der Waals surface area contributed by atoms with Crippen molar-refractivity contribution in [1.29, 1.82) is 0 Å². The Labute approximate surface area is 201 Å². The summed E-state index contributed by atoms with van der Waals surface area (Å²) in [5, 5.41) is 3.21. The van der Waals surface area contributed by atoms with Gasteiger partial charge in [0.15, 0.2) is 0 Å². The molecule has 0 saturated heterocycles. The molecular formula is C24H37N3O7. The van der Waals surface area contributed by atoms with E-state index < -0.39 is 5.60 Å². The first-order chi connectivity index (χ1) is 16.2. The quantitative estimate of drug-likeness (QED) is 0.300. The van der Waals surface area contributed by atoms with Gasteiger partial charge in [0.25, 0.3) is 11.8 Å². The van der Waals surface area contributed by atoms with E-state index in [1.807, 2.05) is 20.8 Å². The summed E-state index contributed by atoms with van der Waals surface area (Å²) >= 11 is 0. The smallest absolute Gasteiger partial charge is 0.410 e. The Morgan fingerprint density at radius 1 is 0.882 bits per heavy atom. The lowest BCUT2D eigenvalue weighted by Crippen LogP contribution is -2.38. The van der Waals surface area contributed by atoms with Crippen LogP contribution in [0.1, 0.15) is 41.5 Å². The average Bonchev–Trinajstić information content (AvgIpc) is 3.02. The van der Waals surface area contributed by atoms with Crippen LogP contribution in [0.2, 0.25) is 0 Å². The molecule has 1 aromatic rings. The maximum absolute atomic E-state index is 12.2. The van der Waals surface area contributed by atoms with Crippen LogP contribution >= 0.6 is 0 Å². The normalized spacial score (nSPS) is 13.4. The molecule has 34 heavy (non-hydrogen) atoms. The largest absolute Gasteiger partial charge is 0.444 e. The number of likely N-dealkylation sites (N-methyl/N-ethyl adjacent to an activating group) is 1. The molecule has 0 bridgehead atoms. The van der Waals surface area contributed by atoms with Gasteiger partial charge in [0.2, 0.25) is 0 Å². The number of hydrogen-bond donors (Lipinski definition) is 1. The van der Waals surface area contributed by atoms with Crippen LogP contribution in [0, 0.1) is 0 Å². The zero-order valence-corrected chi connectivity index (χ0v) is 20.6. The number of nitrogens with zero attached hydrogens (tertiary/aromatic N) is 2. The van der Waals surface area contributed by atoms with E-state index in [0.29, 0.717) is 63.8 Å². The van der Waals surface area contributed by atoms with Gasteiger partial charge in [-0.1, -0.05) is 12.1 Å². The lowest BCUT2D eigenvalue weighted by atomic mass is 10.1. The van der Waals surface area contributed by atoms with Gasteiger partial charge in [-0.05, 0) is 32.9 Å². The zero-order valence-electron chi connectivity index (χ0n) is 20.6. The number of rotatable bonds is 15. The van der Waals surface area contributed by atoms with Gasteiger partial charge in [-0.15, -0.1) is 0 Å². The van der Waals surface area contributed by atoms with E-state index in [1.54, 1.807) is 31.3 Å². The Balaban J connectivity index is 1.38. The molecule has 1 aliphatic rings. The van der Waals surface area contributed by atoms with Gasteiger partial charge in [0, 0.05) is 26.7 Å². The van der Waals surface area contributed by atoms with Crippen molar-refractivity contribution >= 4 is 17.9 Å². The topological polar surface area (TPSA) is 107 Å². The van der Waals surface area contributed by atoms with Gasteiger partial charge in [-0.3, -0.25) is 14.5 Å². The standard InChI is InChI=1S/C24H37N3O7/c1-24(2,3)34-23(30)26(4)11-9-25-10-13-31-15-17-33-18-16-32-14-12-27-21(28)19-7-5-6-8-20(19)22(27)29/h5-8,25H,9-18H2,1-4H3. The third-order valence-corrected chi connectivity index (χ3v) is 4.83. The number of fused-ring (bicyclic) bond motifs is 1. The lowest BCUT2D eigenvalue weighted by Gasteiger charge is -2.24. The number of nitrogens with one attached hydrogen (secondary N) is 1. The Morgan fingerprint density at radius 3 is 1.97 bits per heavy atom. The van der Waals surface area contributed by atoms with Crippen molar-refractivity contribution in [3.05, 3.63) is 35.4 Å². The number of imide groups is 1.